The molecular weight excluding hydrogens is 142 g/mol. The first-order chi connectivity index (χ1) is 5.22. The summed E-state index contributed by atoms with van der Waals surface area (Å²) < 4.78 is 5.21. The van der Waals surface area contributed by atoms with Crippen molar-refractivity contribution in [3.63, 3.8) is 0 Å². The Kier molecular flexibility index (Phi) is 3.30. The van der Waals surface area contributed by atoms with E-state index < -0.39 is 6.23 Å². The van der Waals surface area contributed by atoms with E-state index in [1.165, 1.54) is 0 Å². The summed E-state index contributed by atoms with van der Waals surface area (Å²) in [5.74, 6) is 0.752. The van der Waals surface area contributed by atoms with Crippen LogP contribution in [0.4, 0.5) is 0 Å². The van der Waals surface area contributed by atoms with Gasteiger partial charge in [0.2, 0.25) is 0 Å². The molecular formula is C8H17NO2. The van der Waals surface area contributed by atoms with Gasteiger partial charge < -0.3 is 15.6 Å². The minimum atomic E-state index is -0.668. The van der Waals surface area contributed by atoms with Gasteiger partial charge in [0.1, 0.15) is 6.23 Å². The van der Waals surface area contributed by atoms with Crippen molar-refractivity contribution in [3.05, 3.63) is 0 Å². The molecule has 1 aliphatic rings. The second-order valence-corrected chi connectivity index (χ2v) is 3.30. The van der Waals surface area contributed by atoms with Crippen LogP contribution in [0.25, 0.3) is 0 Å². The molecule has 3 N–H and O–H groups in total. The minimum absolute atomic E-state index is 0.207. The first kappa shape index (κ1) is 8.97. The summed E-state index contributed by atoms with van der Waals surface area (Å²) in [6.07, 6.45) is 1.41. The van der Waals surface area contributed by atoms with E-state index in [1.54, 1.807) is 0 Å². The Morgan fingerprint density at radius 1 is 1.45 bits per heavy atom. The Balaban J connectivity index is 2.32. The van der Waals surface area contributed by atoms with Crippen LogP contribution in [0, 0.1) is 11.8 Å². The van der Waals surface area contributed by atoms with Crippen molar-refractivity contribution in [3.8, 4) is 0 Å². The number of hydrogen-bond acceptors (Lipinski definition) is 3. The molecule has 1 fully saturated rings. The third-order valence-electron chi connectivity index (χ3n) is 2.55. The van der Waals surface area contributed by atoms with Crippen molar-refractivity contribution >= 4 is 0 Å². The second-order valence-electron chi connectivity index (χ2n) is 3.30. The predicted octanol–water partition coefficient (Wildman–Crippen LogP) is 0.326. The zero-order valence-electron chi connectivity index (χ0n) is 6.99. The molecule has 0 aromatic rings. The molecule has 3 nitrogen and oxygen atoms in total. The van der Waals surface area contributed by atoms with E-state index in [4.69, 9.17) is 15.6 Å². The Labute approximate surface area is 67.5 Å². The summed E-state index contributed by atoms with van der Waals surface area (Å²) in [6.45, 7) is 3.64. The highest BCUT2D eigenvalue weighted by Crippen LogP contribution is 2.24. The Bertz CT molecular complexity index is 111. The summed E-state index contributed by atoms with van der Waals surface area (Å²) in [5.41, 5.74) is 5.38. The summed E-state index contributed by atoms with van der Waals surface area (Å²) in [5, 5.41) is 9.11. The number of ether oxygens (including phenoxy) is 1. The fraction of sp³-hybridized carbons (Fsp3) is 1.00. The Morgan fingerprint density at radius 3 is 2.45 bits per heavy atom. The molecule has 0 spiro atoms. The van der Waals surface area contributed by atoms with Gasteiger partial charge in [-0.1, -0.05) is 6.92 Å². The highest BCUT2D eigenvalue weighted by molar-refractivity contribution is 4.72. The Hall–Kier alpha value is -0.120. The maximum atomic E-state index is 9.11. The van der Waals surface area contributed by atoms with E-state index in [0.29, 0.717) is 5.92 Å². The standard InChI is InChI=1S/C8H17NO2/c1-6(8(9)10)7-2-4-11-5-3-7/h6-8,10H,2-5,9H2,1H3. The molecule has 2 unspecified atom stereocenters. The maximum Gasteiger partial charge on any atom is 0.105 e. The molecule has 0 aromatic carbocycles. The lowest BCUT2D eigenvalue weighted by molar-refractivity contribution is 0.0129. The number of aliphatic hydroxyl groups is 1. The predicted molar refractivity (Wildman–Crippen MR) is 42.9 cm³/mol. The summed E-state index contributed by atoms with van der Waals surface area (Å²) in [6, 6.07) is 0. The van der Waals surface area contributed by atoms with Gasteiger partial charge in [-0.3, -0.25) is 0 Å². The van der Waals surface area contributed by atoms with Crippen molar-refractivity contribution in [2.75, 3.05) is 13.2 Å². The monoisotopic (exact) mass is 159 g/mol. The smallest absolute Gasteiger partial charge is 0.105 e. The van der Waals surface area contributed by atoms with Crippen LogP contribution in [0.5, 0.6) is 0 Å². The number of hydrogen-bond donors (Lipinski definition) is 2. The molecule has 0 amide bonds. The normalized spacial score (nSPS) is 26.5. The molecule has 2 atom stereocenters. The minimum Gasteiger partial charge on any atom is -0.381 e. The van der Waals surface area contributed by atoms with E-state index in [-0.39, 0.29) is 5.92 Å². The van der Waals surface area contributed by atoms with Gasteiger partial charge in [-0.2, -0.15) is 0 Å². The second kappa shape index (κ2) is 4.04. The highest BCUT2D eigenvalue weighted by atomic mass is 16.5. The SMILES string of the molecule is CC(C(N)O)C1CCOCC1. The fourth-order valence-corrected chi connectivity index (χ4v) is 1.52. The van der Waals surface area contributed by atoms with Gasteiger partial charge in [0.05, 0.1) is 0 Å². The largest absolute Gasteiger partial charge is 0.381 e. The van der Waals surface area contributed by atoms with Crippen LogP contribution < -0.4 is 5.73 Å². The molecule has 0 aromatic heterocycles. The van der Waals surface area contributed by atoms with Crippen molar-refractivity contribution in [1.29, 1.82) is 0 Å². The molecule has 1 rings (SSSR count). The van der Waals surface area contributed by atoms with Gasteiger partial charge in [0.25, 0.3) is 0 Å². The average Bonchev–Trinajstić information content (AvgIpc) is 2.05. The quantitative estimate of drug-likeness (QED) is 0.571. The highest BCUT2D eigenvalue weighted by Gasteiger charge is 2.23. The summed E-state index contributed by atoms with van der Waals surface area (Å²) >= 11 is 0. The lowest BCUT2D eigenvalue weighted by Gasteiger charge is -2.29. The summed E-state index contributed by atoms with van der Waals surface area (Å²) in [7, 11) is 0. The number of aliphatic hydroxyl groups excluding tert-OH is 1. The number of rotatable bonds is 2. The van der Waals surface area contributed by atoms with Gasteiger partial charge in [-0.25, -0.2) is 0 Å². The van der Waals surface area contributed by atoms with Gasteiger partial charge in [-0.05, 0) is 24.7 Å². The average molecular weight is 159 g/mol. The van der Waals surface area contributed by atoms with Crippen LogP contribution in [-0.2, 0) is 4.74 Å². The third kappa shape index (κ3) is 2.43. The van der Waals surface area contributed by atoms with E-state index in [9.17, 15) is 0 Å². The maximum absolute atomic E-state index is 9.11. The van der Waals surface area contributed by atoms with E-state index in [0.717, 1.165) is 26.1 Å². The zero-order chi connectivity index (χ0) is 8.27. The first-order valence-electron chi connectivity index (χ1n) is 4.23. The molecule has 1 aliphatic heterocycles. The van der Waals surface area contributed by atoms with Crippen LogP contribution in [0.2, 0.25) is 0 Å². The molecule has 0 radical (unpaired) electrons. The topological polar surface area (TPSA) is 55.5 Å². The van der Waals surface area contributed by atoms with Crippen LogP contribution in [0.3, 0.4) is 0 Å². The molecule has 66 valence electrons. The molecule has 3 heteroatoms. The van der Waals surface area contributed by atoms with E-state index in [1.807, 2.05) is 6.92 Å². The van der Waals surface area contributed by atoms with Crippen molar-refractivity contribution in [1.82, 2.24) is 0 Å². The molecule has 11 heavy (non-hydrogen) atoms. The van der Waals surface area contributed by atoms with Crippen molar-refractivity contribution in [2.24, 2.45) is 17.6 Å². The van der Waals surface area contributed by atoms with Crippen LogP contribution >= 0.6 is 0 Å². The summed E-state index contributed by atoms with van der Waals surface area (Å²) in [4.78, 5) is 0. The van der Waals surface area contributed by atoms with Crippen LogP contribution in [0.1, 0.15) is 19.8 Å². The molecule has 0 aliphatic carbocycles. The molecule has 0 bridgehead atoms. The third-order valence-corrected chi connectivity index (χ3v) is 2.55. The lowest BCUT2D eigenvalue weighted by Crippen LogP contribution is -2.35. The van der Waals surface area contributed by atoms with Gasteiger partial charge in [0.15, 0.2) is 0 Å². The van der Waals surface area contributed by atoms with E-state index in [2.05, 4.69) is 0 Å². The first-order valence-corrected chi connectivity index (χ1v) is 4.23. The van der Waals surface area contributed by atoms with Gasteiger partial charge in [0, 0.05) is 13.2 Å². The van der Waals surface area contributed by atoms with Gasteiger partial charge >= 0.3 is 0 Å². The fourth-order valence-electron chi connectivity index (χ4n) is 1.52. The number of nitrogens with two attached hydrogens (primary N) is 1. The molecule has 1 heterocycles. The zero-order valence-corrected chi connectivity index (χ0v) is 6.99. The van der Waals surface area contributed by atoms with Gasteiger partial charge in [-0.15, -0.1) is 0 Å². The molecule has 0 saturated carbocycles. The molecule has 1 saturated heterocycles. The van der Waals surface area contributed by atoms with Crippen molar-refractivity contribution < 1.29 is 9.84 Å². The van der Waals surface area contributed by atoms with Crippen LogP contribution in [0.15, 0.2) is 0 Å². The van der Waals surface area contributed by atoms with Crippen molar-refractivity contribution in [2.45, 2.75) is 26.0 Å². The van der Waals surface area contributed by atoms with E-state index >= 15 is 0 Å². The Morgan fingerprint density at radius 2 is 2.00 bits per heavy atom. The van der Waals surface area contributed by atoms with Crippen LogP contribution in [-0.4, -0.2) is 24.5 Å². The lowest BCUT2D eigenvalue weighted by atomic mass is 9.86.